The number of likely N-dealkylation sites (tertiary alicyclic amines) is 1. The van der Waals surface area contributed by atoms with Crippen molar-refractivity contribution in [2.45, 2.75) is 24.2 Å². The normalized spacial score (nSPS) is 18.6. The van der Waals surface area contributed by atoms with E-state index in [1.54, 1.807) is 0 Å². The highest BCUT2D eigenvalue weighted by molar-refractivity contribution is 7.92. The Hall–Kier alpha value is -1.64. The molecule has 2 fully saturated rings. The van der Waals surface area contributed by atoms with Gasteiger partial charge in [-0.05, 0) is 55.5 Å². The van der Waals surface area contributed by atoms with E-state index in [0.29, 0.717) is 11.0 Å². The third-order valence-electron chi connectivity index (χ3n) is 5.72. The van der Waals surface area contributed by atoms with E-state index in [-0.39, 0.29) is 23.2 Å². The Labute approximate surface area is 172 Å². The zero-order valence-electron chi connectivity index (χ0n) is 16.3. The lowest BCUT2D eigenvalue weighted by Gasteiger charge is -2.38. The molecule has 2 aliphatic rings. The van der Waals surface area contributed by atoms with Crippen molar-refractivity contribution in [1.29, 1.82) is 0 Å². The van der Waals surface area contributed by atoms with Crippen molar-refractivity contribution in [3.05, 3.63) is 29.8 Å². The van der Waals surface area contributed by atoms with Crippen LogP contribution in [0.3, 0.4) is 0 Å². The first-order valence-corrected chi connectivity index (χ1v) is 10.9. The summed E-state index contributed by atoms with van der Waals surface area (Å²) < 4.78 is 24.6. The van der Waals surface area contributed by atoms with Gasteiger partial charge in [0.1, 0.15) is 5.75 Å². The van der Waals surface area contributed by atoms with Gasteiger partial charge >= 0.3 is 0 Å². The third kappa shape index (κ3) is 4.85. The minimum Gasteiger partial charge on any atom is -0.348 e. The minimum absolute atomic E-state index is 0. The summed E-state index contributed by atoms with van der Waals surface area (Å²) in [5, 5.41) is 3.41. The van der Waals surface area contributed by atoms with Crippen molar-refractivity contribution in [3.63, 3.8) is 0 Å². The second kappa shape index (κ2) is 8.80. The zero-order chi connectivity index (χ0) is 19.7. The van der Waals surface area contributed by atoms with Crippen LogP contribution < -0.4 is 5.32 Å². The molecular weight excluding hydrogens is 402 g/mol. The average Bonchev–Trinajstić information content (AvgIpc) is 3.09. The van der Waals surface area contributed by atoms with Gasteiger partial charge in [0.2, 0.25) is 5.91 Å². The Morgan fingerprint density at radius 3 is 2.21 bits per heavy atom. The fourth-order valence-corrected chi connectivity index (χ4v) is 5.07. The predicted molar refractivity (Wildman–Crippen MR) is 109 cm³/mol. The van der Waals surface area contributed by atoms with Crippen molar-refractivity contribution < 1.29 is 18.0 Å². The maximum Gasteiger partial charge on any atom is 0.253 e. The largest absolute Gasteiger partial charge is 0.348 e. The van der Waals surface area contributed by atoms with Gasteiger partial charge in [-0.25, -0.2) is 8.42 Å². The predicted octanol–water partition coefficient (Wildman–Crippen LogP) is 1.19. The molecule has 0 radical (unpaired) electrons. The van der Waals surface area contributed by atoms with Crippen LogP contribution in [0, 0.1) is 5.41 Å². The lowest BCUT2D eigenvalue weighted by atomic mass is 9.78. The van der Waals surface area contributed by atoms with Crippen molar-refractivity contribution in [2.75, 3.05) is 46.0 Å². The van der Waals surface area contributed by atoms with Crippen LogP contribution in [0.5, 0.6) is 0 Å². The molecule has 0 saturated carbocycles. The number of carbonyl (C=O) groups is 2. The van der Waals surface area contributed by atoms with Crippen molar-refractivity contribution in [1.82, 2.24) is 15.1 Å². The van der Waals surface area contributed by atoms with Crippen LogP contribution in [0.25, 0.3) is 0 Å². The molecule has 0 bridgehead atoms. The van der Waals surface area contributed by atoms with Gasteiger partial charge < -0.3 is 15.1 Å². The monoisotopic (exact) mass is 429 g/mol. The topological polar surface area (TPSA) is 86.8 Å². The van der Waals surface area contributed by atoms with E-state index in [1.165, 1.54) is 49.7 Å². The number of hydrogen-bond donors (Lipinski definition) is 1. The first-order chi connectivity index (χ1) is 12.7. The third-order valence-corrected chi connectivity index (χ3v) is 7.33. The Morgan fingerprint density at radius 2 is 1.71 bits per heavy atom. The summed E-state index contributed by atoms with van der Waals surface area (Å²) in [6, 6.07) is 5.91. The zero-order valence-corrected chi connectivity index (χ0v) is 17.9. The van der Waals surface area contributed by atoms with Gasteiger partial charge in [-0.3, -0.25) is 9.59 Å². The molecule has 3 rings (SSSR count). The first kappa shape index (κ1) is 22.6. The number of nitrogens with zero attached hydrogens (tertiary/aromatic N) is 2. The van der Waals surface area contributed by atoms with Gasteiger partial charge in [0, 0.05) is 39.3 Å². The van der Waals surface area contributed by atoms with Crippen molar-refractivity contribution in [3.8, 4) is 0 Å². The number of benzene rings is 1. The Morgan fingerprint density at radius 1 is 1.11 bits per heavy atom. The summed E-state index contributed by atoms with van der Waals surface area (Å²) in [5.41, 5.74) is 0.821. The lowest BCUT2D eigenvalue weighted by molar-refractivity contribution is -0.125. The van der Waals surface area contributed by atoms with E-state index in [0.717, 1.165) is 39.0 Å². The Balaban J connectivity index is 0.00000280. The first-order valence-electron chi connectivity index (χ1n) is 9.25. The van der Waals surface area contributed by atoms with Crippen LogP contribution in [-0.4, -0.2) is 76.1 Å². The van der Waals surface area contributed by atoms with E-state index in [4.69, 9.17) is 0 Å². The van der Waals surface area contributed by atoms with Crippen LogP contribution >= 0.6 is 12.4 Å². The maximum atomic E-state index is 12.7. The molecule has 2 saturated heterocycles. The fourth-order valence-electron chi connectivity index (χ4n) is 3.77. The van der Waals surface area contributed by atoms with Crippen LogP contribution in [0.1, 0.15) is 29.6 Å². The number of carbonyl (C=O) groups excluding carboxylic acids is 2. The molecule has 2 amide bonds. The van der Waals surface area contributed by atoms with Crippen molar-refractivity contribution >= 4 is 34.1 Å². The number of amides is 2. The maximum absolute atomic E-state index is 12.7. The highest BCUT2D eigenvalue weighted by Crippen LogP contribution is 2.37. The van der Waals surface area contributed by atoms with Gasteiger partial charge in [-0.2, -0.15) is 0 Å². The van der Waals surface area contributed by atoms with Crippen LogP contribution in [0.4, 0.5) is 0 Å². The Kier molecular flexibility index (Phi) is 7.12. The molecule has 1 aromatic carbocycles. The molecule has 9 heteroatoms. The highest BCUT2D eigenvalue weighted by Gasteiger charge is 2.38. The number of piperidine rings is 1. The van der Waals surface area contributed by atoms with Gasteiger partial charge in [0.15, 0.2) is 9.84 Å². The van der Waals surface area contributed by atoms with E-state index >= 15 is 0 Å². The number of nitrogens with one attached hydrogen (secondary N) is 1. The summed E-state index contributed by atoms with van der Waals surface area (Å²) in [6.07, 6.45) is 3.18. The smallest absolute Gasteiger partial charge is 0.253 e. The minimum atomic E-state index is -3.71. The fraction of sp³-hybridized carbons (Fsp3) is 0.579. The van der Waals surface area contributed by atoms with Crippen LogP contribution in [0.2, 0.25) is 0 Å². The SMILES string of the molecule is CN(C)C(=O)CS(=O)(=O)c1ccc(C(=O)N2CCC3(CCNC3)CC2)cc1.Cl. The molecule has 1 aromatic rings. The molecule has 1 N–H and O–H groups in total. The number of sulfone groups is 1. The lowest BCUT2D eigenvalue weighted by Crippen LogP contribution is -2.44. The van der Waals surface area contributed by atoms with E-state index in [2.05, 4.69) is 5.32 Å². The summed E-state index contributed by atoms with van der Waals surface area (Å²) >= 11 is 0. The summed E-state index contributed by atoms with van der Waals surface area (Å²) in [6.45, 7) is 3.56. The molecule has 0 aromatic heterocycles. The molecule has 2 heterocycles. The molecule has 1 spiro atoms. The van der Waals surface area contributed by atoms with E-state index in [9.17, 15) is 18.0 Å². The summed E-state index contributed by atoms with van der Waals surface area (Å²) in [4.78, 5) is 27.6. The van der Waals surface area contributed by atoms with Crippen molar-refractivity contribution in [2.24, 2.45) is 5.41 Å². The number of halogens is 1. The quantitative estimate of drug-likeness (QED) is 0.776. The summed E-state index contributed by atoms with van der Waals surface area (Å²) in [7, 11) is -0.674. The molecule has 7 nitrogen and oxygen atoms in total. The average molecular weight is 430 g/mol. The van der Waals surface area contributed by atoms with Gasteiger partial charge in [0.25, 0.3) is 5.91 Å². The molecule has 0 atom stereocenters. The highest BCUT2D eigenvalue weighted by atomic mass is 35.5. The second-order valence-corrected chi connectivity index (χ2v) is 9.78. The number of rotatable bonds is 4. The molecule has 28 heavy (non-hydrogen) atoms. The van der Waals surface area contributed by atoms with Gasteiger partial charge in [-0.15, -0.1) is 12.4 Å². The summed E-state index contributed by atoms with van der Waals surface area (Å²) in [5.74, 6) is -1.11. The molecule has 156 valence electrons. The van der Waals surface area contributed by atoms with Gasteiger partial charge in [0.05, 0.1) is 4.90 Å². The molecule has 0 aliphatic carbocycles. The van der Waals surface area contributed by atoms with Crippen LogP contribution in [-0.2, 0) is 14.6 Å². The standard InChI is InChI=1S/C19H27N3O4S.ClH/c1-21(2)17(23)13-27(25,26)16-5-3-15(4-6-16)18(24)22-11-8-19(9-12-22)7-10-20-14-19;/h3-6,20H,7-14H2,1-2H3;1H. The van der Waals surface area contributed by atoms with Gasteiger partial charge in [-0.1, -0.05) is 0 Å². The molecular formula is C19H28ClN3O4S. The number of hydrogen-bond acceptors (Lipinski definition) is 5. The van der Waals surface area contributed by atoms with Crippen LogP contribution in [0.15, 0.2) is 29.2 Å². The molecule has 2 aliphatic heterocycles. The Bertz CT molecular complexity index is 808. The molecule has 0 unspecified atom stereocenters. The van der Waals surface area contributed by atoms with E-state index in [1.807, 2.05) is 4.90 Å². The second-order valence-electron chi connectivity index (χ2n) is 7.79. The van der Waals surface area contributed by atoms with E-state index < -0.39 is 21.5 Å².